The van der Waals surface area contributed by atoms with E-state index in [1.54, 1.807) is 31.4 Å². The van der Waals surface area contributed by atoms with Gasteiger partial charge in [-0.2, -0.15) is 5.26 Å². The monoisotopic (exact) mass is 342 g/mol. The first kappa shape index (κ1) is 18.9. The minimum Gasteiger partial charge on any atom is -0.493 e. The van der Waals surface area contributed by atoms with Gasteiger partial charge in [0.15, 0.2) is 11.5 Å². The average Bonchev–Trinajstić information content (AvgIpc) is 2.62. The smallest absolute Gasteiger partial charge is 0.262 e. The van der Waals surface area contributed by atoms with E-state index in [0.29, 0.717) is 24.0 Å². The lowest BCUT2D eigenvalue weighted by Gasteiger charge is -2.29. The number of carbonyl (C=O) groups excluding carboxylic acids is 1. The van der Waals surface area contributed by atoms with Gasteiger partial charge >= 0.3 is 0 Å². The first-order valence-electron chi connectivity index (χ1n) is 8.82. The summed E-state index contributed by atoms with van der Waals surface area (Å²) in [6.45, 7) is 4.59. The van der Waals surface area contributed by atoms with Crippen molar-refractivity contribution < 1.29 is 14.3 Å². The Kier molecular flexibility index (Phi) is 6.88. The van der Waals surface area contributed by atoms with E-state index in [1.807, 2.05) is 13.0 Å². The van der Waals surface area contributed by atoms with Crippen LogP contribution in [-0.2, 0) is 4.79 Å². The summed E-state index contributed by atoms with van der Waals surface area (Å²) in [5.74, 6) is 1.35. The molecule has 25 heavy (non-hydrogen) atoms. The predicted molar refractivity (Wildman–Crippen MR) is 97.3 cm³/mol. The zero-order valence-corrected chi connectivity index (χ0v) is 15.2. The number of benzene rings is 1. The Morgan fingerprint density at radius 1 is 1.36 bits per heavy atom. The summed E-state index contributed by atoms with van der Waals surface area (Å²) in [6, 6.07) is 7.51. The van der Waals surface area contributed by atoms with Gasteiger partial charge in [0, 0.05) is 6.04 Å². The van der Waals surface area contributed by atoms with Crippen LogP contribution in [0.2, 0.25) is 0 Å². The van der Waals surface area contributed by atoms with Crippen LogP contribution in [0, 0.1) is 17.2 Å². The van der Waals surface area contributed by atoms with Crippen molar-refractivity contribution >= 4 is 12.0 Å². The molecule has 1 saturated carbocycles. The second kappa shape index (κ2) is 9.12. The molecule has 0 spiro atoms. The SMILES string of the molecule is CCOc1ccc(/C=C(\C#N)C(=O)N[C@H]2CCCC[C@@H]2C)cc1OC. The van der Waals surface area contributed by atoms with E-state index in [-0.39, 0.29) is 17.5 Å². The van der Waals surface area contributed by atoms with Crippen molar-refractivity contribution in [1.82, 2.24) is 5.32 Å². The molecule has 0 radical (unpaired) electrons. The van der Waals surface area contributed by atoms with Gasteiger partial charge in [0.25, 0.3) is 5.91 Å². The van der Waals surface area contributed by atoms with Crippen LogP contribution in [0.15, 0.2) is 23.8 Å². The minimum absolute atomic E-state index is 0.101. The number of ether oxygens (including phenoxy) is 2. The Balaban J connectivity index is 2.16. The molecule has 1 N–H and O–H groups in total. The van der Waals surface area contributed by atoms with Crippen LogP contribution in [0.4, 0.5) is 0 Å². The van der Waals surface area contributed by atoms with Crippen LogP contribution >= 0.6 is 0 Å². The highest BCUT2D eigenvalue weighted by Gasteiger charge is 2.24. The van der Waals surface area contributed by atoms with Crippen molar-refractivity contribution in [3.63, 3.8) is 0 Å². The Hall–Kier alpha value is -2.48. The zero-order chi connectivity index (χ0) is 18.2. The zero-order valence-electron chi connectivity index (χ0n) is 15.2. The van der Waals surface area contributed by atoms with Crippen molar-refractivity contribution in [2.24, 2.45) is 5.92 Å². The molecule has 2 rings (SSSR count). The van der Waals surface area contributed by atoms with E-state index in [0.717, 1.165) is 24.8 Å². The fourth-order valence-corrected chi connectivity index (χ4v) is 3.14. The maximum atomic E-state index is 12.5. The number of hydrogen-bond donors (Lipinski definition) is 1. The lowest BCUT2D eigenvalue weighted by molar-refractivity contribution is -0.118. The van der Waals surface area contributed by atoms with Gasteiger partial charge in [-0.1, -0.05) is 25.8 Å². The Morgan fingerprint density at radius 2 is 2.12 bits per heavy atom. The molecule has 5 nitrogen and oxygen atoms in total. The summed E-state index contributed by atoms with van der Waals surface area (Å²) in [6.07, 6.45) is 6.01. The Morgan fingerprint density at radius 3 is 2.76 bits per heavy atom. The lowest BCUT2D eigenvalue weighted by atomic mass is 9.86. The van der Waals surface area contributed by atoms with E-state index in [4.69, 9.17) is 9.47 Å². The van der Waals surface area contributed by atoms with Gasteiger partial charge in [0.05, 0.1) is 13.7 Å². The average molecular weight is 342 g/mol. The van der Waals surface area contributed by atoms with Crippen molar-refractivity contribution in [3.05, 3.63) is 29.3 Å². The fourth-order valence-electron chi connectivity index (χ4n) is 3.14. The highest BCUT2D eigenvalue weighted by Crippen LogP contribution is 2.29. The van der Waals surface area contributed by atoms with Gasteiger partial charge in [-0.05, 0) is 49.5 Å². The van der Waals surface area contributed by atoms with Gasteiger partial charge in [-0.25, -0.2) is 0 Å². The molecular weight excluding hydrogens is 316 g/mol. The topological polar surface area (TPSA) is 71.3 Å². The minimum atomic E-state index is -0.311. The molecule has 1 aromatic rings. The number of carbonyl (C=O) groups is 1. The second-order valence-electron chi connectivity index (χ2n) is 6.35. The molecule has 5 heteroatoms. The van der Waals surface area contributed by atoms with Crippen LogP contribution in [0.5, 0.6) is 11.5 Å². The molecule has 1 amide bonds. The standard InChI is InChI=1S/C20H26N2O3/c1-4-25-18-10-9-15(12-19(18)24-3)11-16(13-21)20(23)22-17-8-6-5-7-14(17)2/h9-12,14,17H,4-8H2,1-3H3,(H,22,23)/b16-11+/t14-,17-/m0/s1. The quantitative estimate of drug-likeness (QED) is 0.632. The first-order valence-corrected chi connectivity index (χ1v) is 8.82. The second-order valence-corrected chi connectivity index (χ2v) is 6.35. The summed E-state index contributed by atoms with van der Waals surface area (Å²) < 4.78 is 10.8. The number of nitrogens with one attached hydrogen (secondary N) is 1. The van der Waals surface area contributed by atoms with E-state index >= 15 is 0 Å². The molecule has 2 atom stereocenters. The first-order chi connectivity index (χ1) is 12.1. The summed E-state index contributed by atoms with van der Waals surface area (Å²) in [5, 5.41) is 12.4. The summed E-state index contributed by atoms with van der Waals surface area (Å²) >= 11 is 0. The molecule has 1 aromatic carbocycles. The van der Waals surface area contributed by atoms with Gasteiger partial charge in [-0.15, -0.1) is 0 Å². The molecule has 0 aliphatic heterocycles. The normalized spacial score (nSPS) is 20.5. The van der Waals surface area contributed by atoms with E-state index in [2.05, 4.69) is 12.2 Å². The van der Waals surface area contributed by atoms with Gasteiger partial charge in [0.1, 0.15) is 11.6 Å². The third-order valence-electron chi connectivity index (χ3n) is 4.59. The summed E-state index contributed by atoms with van der Waals surface area (Å²) in [7, 11) is 1.56. The molecule has 0 unspecified atom stereocenters. The number of methoxy groups -OCH3 is 1. The van der Waals surface area contributed by atoms with Crippen molar-refractivity contribution in [2.75, 3.05) is 13.7 Å². The summed E-state index contributed by atoms with van der Waals surface area (Å²) in [4.78, 5) is 12.5. The number of hydrogen-bond acceptors (Lipinski definition) is 4. The molecular formula is C20H26N2O3. The maximum absolute atomic E-state index is 12.5. The van der Waals surface area contributed by atoms with E-state index in [1.165, 1.54) is 6.42 Å². The van der Waals surface area contributed by atoms with E-state index < -0.39 is 0 Å². The molecule has 0 bridgehead atoms. The third-order valence-corrected chi connectivity index (χ3v) is 4.59. The van der Waals surface area contributed by atoms with Gasteiger partial charge in [-0.3, -0.25) is 4.79 Å². The van der Waals surface area contributed by atoms with Crippen LogP contribution in [-0.4, -0.2) is 25.7 Å². The van der Waals surface area contributed by atoms with Gasteiger partial charge in [0.2, 0.25) is 0 Å². The predicted octanol–water partition coefficient (Wildman–Crippen LogP) is 3.70. The Bertz CT molecular complexity index is 676. The Labute approximate surface area is 149 Å². The van der Waals surface area contributed by atoms with Crippen LogP contribution in [0.3, 0.4) is 0 Å². The number of amides is 1. The molecule has 134 valence electrons. The van der Waals surface area contributed by atoms with E-state index in [9.17, 15) is 10.1 Å². The molecule has 1 aliphatic rings. The molecule has 1 aliphatic carbocycles. The third kappa shape index (κ3) is 4.99. The fraction of sp³-hybridized carbons (Fsp3) is 0.500. The largest absolute Gasteiger partial charge is 0.493 e. The molecule has 1 fully saturated rings. The van der Waals surface area contributed by atoms with Crippen molar-refractivity contribution in [2.45, 2.75) is 45.6 Å². The number of rotatable bonds is 6. The van der Waals surface area contributed by atoms with Crippen LogP contribution in [0.25, 0.3) is 6.08 Å². The molecule has 0 saturated heterocycles. The molecule has 0 heterocycles. The molecule has 0 aromatic heterocycles. The highest BCUT2D eigenvalue weighted by molar-refractivity contribution is 6.01. The maximum Gasteiger partial charge on any atom is 0.262 e. The highest BCUT2D eigenvalue weighted by atomic mass is 16.5. The van der Waals surface area contributed by atoms with Crippen molar-refractivity contribution in [3.8, 4) is 17.6 Å². The van der Waals surface area contributed by atoms with Crippen LogP contribution in [0.1, 0.15) is 45.1 Å². The number of nitriles is 1. The van der Waals surface area contributed by atoms with Crippen LogP contribution < -0.4 is 14.8 Å². The summed E-state index contributed by atoms with van der Waals surface area (Å²) in [5.41, 5.74) is 0.827. The lowest BCUT2D eigenvalue weighted by Crippen LogP contribution is -2.41. The van der Waals surface area contributed by atoms with Crippen molar-refractivity contribution in [1.29, 1.82) is 5.26 Å². The number of nitrogens with zero attached hydrogens (tertiary/aromatic N) is 1. The van der Waals surface area contributed by atoms with Gasteiger partial charge < -0.3 is 14.8 Å².